The largest absolute Gasteiger partial charge is 0.392 e. The van der Waals surface area contributed by atoms with Gasteiger partial charge in [0.15, 0.2) is 0 Å². The molecule has 1 aromatic carbocycles. The minimum absolute atomic E-state index is 0.0666. The van der Waals surface area contributed by atoms with Crippen LogP contribution in [-0.4, -0.2) is 10.9 Å². The molecule has 0 radical (unpaired) electrons. The summed E-state index contributed by atoms with van der Waals surface area (Å²) in [6, 6.07) is 7.84. The number of carbonyl (C=O) groups is 1. The standard InChI is InChI=1S/C14H18N2OS/c1-9(2)10-5-3-4-6-11(10)16-13(17)14(7-8-14)12(15)18/h3-6,9H,7-8H2,1-2H3,(H2,15,18)(H,16,17). The highest BCUT2D eigenvalue weighted by atomic mass is 32.1. The van der Waals surface area contributed by atoms with E-state index in [9.17, 15) is 4.79 Å². The van der Waals surface area contributed by atoms with Gasteiger partial charge >= 0.3 is 0 Å². The number of amides is 1. The lowest BCUT2D eigenvalue weighted by atomic mass is 10.00. The molecule has 0 aliphatic heterocycles. The van der Waals surface area contributed by atoms with Gasteiger partial charge in [0.1, 0.15) is 0 Å². The van der Waals surface area contributed by atoms with Crippen molar-refractivity contribution in [3.63, 3.8) is 0 Å². The third-order valence-corrected chi connectivity index (χ3v) is 3.88. The molecule has 3 N–H and O–H groups in total. The minimum Gasteiger partial charge on any atom is -0.392 e. The molecule has 0 aromatic heterocycles. The lowest BCUT2D eigenvalue weighted by molar-refractivity contribution is -0.118. The van der Waals surface area contributed by atoms with Crippen LogP contribution in [0.5, 0.6) is 0 Å². The van der Waals surface area contributed by atoms with Gasteiger partial charge in [-0.05, 0) is 30.4 Å². The summed E-state index contributed by atoms with van der Waals surface area (Å²) in [5.41, 5.74) is 7.05. The maximum Gasteiger partial charge on any atom is 0.237 e. The Labute approximate surface area is 113 Å². The number of anilines is 1. The first-order chi connectivity index (χ1) is 8.47. The van der Waals surface area contributed by atoms with Crippen molar-refractivity contribution in [2.45, 2.75) is 32.6 Å². The van der Waals surface area contributed by atoms with E-state index in [4.69, 9.17) is 18.0 Å². The molecule has 0 atom stereocenters. The summed E-state index contributed by atoms with van der Waals surface area (Å²) in [6.07, 6.45) is 1.52. The summed E-state index contributed by atoms with van der Waals surface area (Å²) in [7, 11) is 0. The fourth-order valence-electron chi connectivity index (χ4n) is 2.07. The van der Waals surface area contributed by atoms with Gasteiger partial charge in [0.2, 0.25) is 5.91 Å². The maximum atomic E-state index is 12.2. The smallest absolute Gasteiger partial charge is 0.237 e. The van der Waals surface area contributed by atoms with Gasteiger partial charge in [0.25, 0.3) is 0 Å². The second-order valence-corrected chi connectivity index (χ2v) is 5.58. The molecule has 0 unspecified atom stereocenters. The van der Waals surface area contributed by atoms with E-state index in [1.54, 1.807) is 0 Å². The highest BCUT2D eigenvalue weighted by Crippen LogP contribution is 2.47. The van der Waals surface area contributed by atoms with Crippen molar-refractivity contribution in [2.75, 3.05) is 5.32 Å². The van der Waals surface area contributed by atoms with E-state index >= 15 is 0 Å². The van der Waals surface area contributed by atoms with Crippen LogP contribution in [0.3, 0.4) is 0 Å². The Morgan fingerprint density at radius 1 is 1.39 bits per heavy atom. The third-order valence-electron chi connectivity index (χ3n) is 3.49. The lowest BCUT2D eigenvalue weighted by Crippen LogP contribution is -2.35. The number of nitrogens with one attached hydrogen (secondary N) is 1. The van der Waals surface area contributed by atoms with E-state index in [1.165, 1.54) is 0 Å². The predicted octanol–water partition coefficient (Wildman–Crippen LogP) is 2.81. The van der Waals surface area contributed by atoms with Crippen LogP contribution in [0.1, 0.15) is 38.2 Å². The summed E-state index contributed by atoms with van der Waals surface area (Å²) in [5.74, 6) is 0.296. The first-order valence-electron chi connectivity index (χ1n) is 6.17. The summed E-state index contributed by atoms with van der Waals surface area (Å²) in [5, 5.41) is 2.97. The molecule has 0 bridgehead atoms. The fourth-order valence-corrected chi connectivity index (χ4v) is 2.36. The Balaban J connectivity index is 2.20. The highest BCUT2D eigenvalue weighted by Gasteiger charge is 2.52. The highest BCUT2D eigenvalue weighted by molar-refractivity contribution is 7.80. The summed E-state index contributed by atoms with van der Waals surface area (Å²) in [4.78, 5) is 12.5. The van der Waals surface area contributed by atoms with Crippen LogP contribution < -0.4 is 11.1 Å². The molecule has 1 fully saturated rings. The molecular weight excluding hydrogens is 244 g/mol. The van der Waals surface area contributed by atoms with Crippen molar-refractivity contribution in [1.29, 1.82) is 0 Å². The van der Waals surface area contributed by atoms with E-state index in [1.807, 2.05) is 24.3 Å². The average Bonchev–Trinajstić information content (AvgIpc) is 3.10. The van der Waals surface area contributed by atoms with Crippen LogP contribution in [0, 0.1) is 5.41 Å². The van der Waals surface area contributed by atoms with Gasteiger partial charge in [0, 0.05) is 5.69 Å². The Kier molecular flexibility index (Phi) is 3.39. The van der Waals surface area contributed by atoms with Crippen molar-refractivity contribution in [2.24, 2.45) is 11.1 Å². The zero-order valence-corrected chi connectivity index (χ0v) is 11.5. The van der Waals surface area contributed by atoms with Gasteiger partial charge in [0.05, 0.1) is 10.4 Å². The van der Waals surface area contributed by atoms with E-state index in [2.05, 4.69) is 19.2 Å². The van der Waals surface area contributed by atoms with Crippen LogP contribution in [0.15, 0.2) is 24.3 Å². The monoisotopic (exact) mass is 262 g/mol. The maximum absolute atomic E-state index is 12.2. The normalized spacial score (nSPS) is 16.4. The first-order valence-corrected chi connectivity index (χ1v) is 6.58. The van der Waals surface area contributed by atoms with Crippen molar-refractivity contribution in [3.05, 3.63) is 29.8 Å². The van der Waals surface area contributed by atoms with Crippen molar-refractivity contribution in [1.82, 2.24) is 0 Å². The molecule has 1 saturated carbocycles. The minimum atomic E-state index is -0.598. The zero-order valence-electron chi connectivity index (χ0n) is 10.7. The Morgan fingerprint density at radius 3 is 2.50 bits per heavy atom. The SMILES string of the molecule is CC(C)c1ccccc1NC(=O)C1(C(N)=S)CC1. The van der Waals surface area contributed by atoms with Gasteiger partial charge in [-0.15, -0.1) is 0 Å². The molecule has 1 aliphatic rings. The number of nitrogens with two attached hydrogens (primary N) is 1. The molecule has 96 valence electrons. The fraction of sp³-hybridized carbons (Fsp3) is 0.429. The predicted molar refractivity (Wildman–Crippen MR) is 77.6 cm³/mol. The van der Waals surface area contributed by atoms with Crippen molar-refractivity contribution < 1.29 is 4.79 Å². The molecule has 3 nitrogen and oxygen atoms in total. The lowest BCUT2D eigenvalue weighted by Gasteiger charge is -2.17. The molecule has 0 saturated heterocycles. The van der Waals surface area contributed by atoms with Gasteiger partial charge in [-0.2, -0.15) is 0 Å². The number of carbonyl (C=O) groups excluding carboxylic acids is 1. The van der Waals surface area contributed by atoms with Gasteiger partial charge < -0.3 is 11.1 Å². The van der Waals surface area contributed by atoms with E-state index in [0.717, 1.165) is 24.1 Å². The number of hydrogen-bond acceptors (Lipinski definition) is 2. The van der Waals surface area contributed by atoms with Crippen LogP contribution >= 0.6 is 12.2 Å². The number of rotatable bonds is 4. The summed E-state index contributed by atoms with van der Waals surface area (Å²) in [6.45, 7) is 4.21. The van der Waals surface area contributed by atoms with Crippen molar-refractivity contribution >= 4 is 28.8 Å². The Morgan fingerprint density at radius 2 is 2.00 bits per heavy atom. The van der Waals surface area contributed by atoms with Gasteiger partial charge in [-0.1, -0.05) is 44.3 Å². The van der Waals surface area contributed by atoms with Crippen LogP contribution in [0.25, 0.3) is 0 Å². The first kappa shape index (κ1) is 13.0. The zero-order chi connectivity index (χ0) is 13.3. The van der Waals surface area contributed by atoms with Crippen LogP contribution in [-0.2, 0) is 4.79 Å². The second-order valence-electron chi connectivity index (χ2n) is 5.14. The average molecular weight is 262 g/mol. The molecule has 0 heterocycles. The topological polar surface area (TPSA) is 55.1 Å². The van der Waals surface area contributed by atoms with Gasteiger partial charge in [-0.25, -0.2) is 0 Å². The quantitative estimate of drug-likeness (QED) is 0.820. The summed E-state index contributed by atoms with van der Waals surface area (Å²) < 4.78 is 0. The third kappa shape index (κ3) is 2.25. The molecular formula is C14H18N2OS. The second kappa shape index (κ2) is 4.69. The molecule has 18 heavy (non-hydrogen) atoms. The van der Waals surface area contributed by atoms with E-state index in [0.29, 0.717) is 10.9 Å². The summed E-state index contributed by atoms with van der Waals surface area (Å²) >= 11 is 4.99. The van der Waals surface area contributed by atoms with E-state index < -0.39 is 5.41 Å². The Bertz CT molecular complexity index is 492. The molecule has 4 heteroatoms. The number of para-hydroxylation sites is 1. The Hall–Kier alpha value is -1.42. The van der Waals surface area contributed by atoms with Crippen molar-refractivity contribution in [3.8, 4) is 0 Å². The van der Waals surface area contributed by atoms with Crippen LogP contribution in [0.2, 0.25) is 0 Å². The number of thiocarbonyl (C=S) groups is 1. The number of hydrogen-bond donors (Lipinski definition) is 2. The molecule has 0 spiro atoms. The van der Waals surface area contributed by atoms with E-state index in [-0.39, 0.29) is 5.91 Å². The van der Waals surface area contributed by atoms with Crippen LogP contribution in [0.4, 0.5) is 5.69 Å². The number of benzene rings is 1. The molecule has 1 aromatic rings. The molecule has 2 rings (SSSR count). The molecule has 1 aliphatic carbocycles. The van der Waals surface area contributed by atoms with Gasteiger partial charge in [-0.3, -0.25) is 4.79 Å². The molecule has 1 amide bonds.